The van der Waals surface area contributed by atoms with E-state index in [1.165, 1.54) is 12.4 Å². The molecule has 38 heavy (non-hydrogen) atoms. The minimum Gasteiger partial charge on any atom is -0.378 e. The van der Waals surface area contributed by atoms with Crippen molar-refractivity contribution in [2.24, 2.45) is 10.9 Å². The predicted octanol–water partition coefficient (Wildman–Crippen LogP) is 6.04. The van der Waals surface area contributed by atoms with Gasteiger partial charge < -0.3 is 14.4 Å². The van der Waals surface area contributed by atoms with Crippen LogP contribution >= 0.6 is 11.8 Å². The van der Waals surface area contributed by atoms with Gasteiger partial charge in [0.25, 0.3) is 0 Å². The first-order chi connectivity index (χ1) is 18.6. The third-order valence-corrected chi connectivity index (χ3v) is 8.29. The fourth-order valence-corrected chi connectivity index (χ4v) is 6.17. The summed E-state index contributed by atoms with van der Waals surface area (Å²) in [5, 5.41) is 3.59. The Kier molecular flexibility index (Phi) is 7.04. The number of fused-ring (bicyclic) bond motifs is 2. The van der Waals surface area contributed by atoms with Crippen LogP contribution < -0.4 is 4.90 Å². The SMILES string of the molecule is O=CC(C1=CCC2CCC=CSC2=N1)c1cc(-c2ncnc3cc(N4CCOCC4)ccc23)c(F)cc1F. The molecule has 3 aromatic rings. The molecule has 0 N–H and O–H groups in total. The van der Waals surface area contributed by atoms with E-state index in [9.17, 15) is 4.79 Å². The number of hydrogen-bond acceptors (Lipinski definition) is 7. The lowest BCUT2D eigenvalue weighted by molar-refractivity contribution is -0.108. The number of aldehydes is 1. The van der Waals surface area contributed by atoms with Crippen LogP contribution in [0.15, 0.2) is 64.9 Å². The van der Waals surface area contributed by atoms with Crippen molar-refractivity contribution in [3.05, 3.63) is 77.1 Å². The molecule has 1 aromatic heterocycles. The molecule has 1 saturated heterocycles. The first-order valence-corrected chi connectivity index (χ1v) is 13.6. The lowest BCUT2D eigenvalue weighted by Crippen LogP contribution is -2.36. The van der Waals surface area contributed by atoms with Gasteiger partial charge in [0.2, 0.25) is 0 Å². The number of nitrogens with zero attached hydrogens (tertiary/aromatic N) is 4. The molecule has 0 amide bonds. The van der Waals surface area contributed by atoms with Crippen LogP contribution in [0.5, 0.6) is 0 Å². The summed E-state index contributed by atoms with van der Waals surface area (Å²) in [6.45, 7) is 2.88. The van der Waals surface area contributed by atoms with E-state index in [2.05, 4.69) is 20.9 Å². The molecule has 1 fully saturated rings. The van der Waals surface area contributed by atoms with Crippen LogP contribution in [0.2, 0.25) is 0 Å². The third kappa shape index (κ3) is 4.76. The Bertz CT molecular complexity index is 1480. The molecule has 2 aromatic carbocycles. The molecule has 3 aliphatic heterocycles. The molecule has 4 heterocycles. The van der Waals surface area contributed by atoms with Crippen molar-refractivity contribution < 1.29 is 18.3 Å². The average molecular weight is 533 g/mol. The third-order valence-electron chi connectivity index (χ3n) is 7.29. The molecule has 0 radical (unpaired) electrons. The van der Waals surface area contributed by atoms with Crippen molar-refractivity contribution in [3.8, 4) is 11.3 Å². The van der Waals surface area contributed by atoms with Gasteiger partial charge in [-0.1, -0.05) is 23.9 Å². The minimum absolute atomic E-state index is 0.0799. The van der Waals surface area contributed by atoms with Gasteiger partial charge in [0, 0.05) is 47.3 Å². The second kappa shape index (κ2) is 10.7. The Balaban J connectivity index is 1.39. The van der Waals surface area contributed by atoms with Crippen molar-refractivity contribution in [1.29, 1.82) is 0 Å². The van der Waals surface area contributed by atoms with Crippen LogP contribution in [0, 0.1) is 17.6 Å². The Morgan fingerprint density at radius 3 is 2.82 bits per heavy atom. The predicted molar refractivity (Wildman–Crippen MR) is 146 cm³/mol. The number of benzene rings is 2. The van der Waals surface area contributed by atoms with Gasteiger partial charge in [-0.15, -0.1) is 0 Å². The summed E-state index contributed by atoms with van der Waals surface area (Å²) in [6.07, 6.45) is 8.80. The second-order valence-corrected chi connectivity index (χ2v) is 10.5. The molecular formula is C29H26F2N4O2S. The largest absolute Gasteiger partial charge is 0.378 e. The van der Waals surface area contributed by atoms with Gasteiger partial charge in [0.15, 0.2) is 0 Å². The van der Waals surface area contributed by atoms with Gasteiger partial charge in [0.1, 0.15) is 24.2 Å². The Morgan fingerprint density at radius 1 is 1.11 bits per heavy atom. The van der Waals surface area contributed by atoms with Crippen LogP contribution in [-0.2, 0) is 9.53 Å². The number of ether oxygens (including phenoxy) is 1. The van der Waals surface area contributed by atoms with Crippen LogP contribution in [0.4, 0.5) is 14.5 Å². The lowest BCUT2D eigenvalue weighted by Gasteiger charge is -2.29. The highest BCUT2D eigenvalue weighted by molar-refractivity contribution is 8.16. The maximum Gasteiger partial charge on any atom is 0.135 e. The first kappa shape index (κ1) is 24.9. The molecule has 0 aliphatic carbocycles. The molecule has 194 valence electrons. The number of carbonyl (C=O) groups excluding carboxylic acids is 1. The first-order valence-electron chi connectivity index (χ1n) is 12.7. The summed E-state index contributed by atoms with van der Waals surface area (Å²) >= 11 is 1.55. The fourth-order valence-electron chi connectivity index (χ4n) is 5.24. The molecule has 3 aliphatic rings. The maximum absolute atomic E-state index is 15.2. The van der Waals surface area contributed by atoms with Crippen LogP contribution in [0.1, 0.15) is 30.7 Å². The monoisotopic (exact) mass is 532 g/mol. The Hall–Kier alpha value is -3.43. The van der Waals surface area contributed by atoms with Crippen molar-refractivity contribution in [1.82, 2.24) is 9.97 Å². The van der Waals surface area contributed by atoms with Crippen molar-refractivity contribution in [2.45, 2.75) is 25.2 Å². The van der Waals surface area contributed by atoms with E-state index in [4.69, 9.17) is 9.73 Å². The molecule has 0 bridgehead atoms. The second-order valence-electron chi connectivity index (χ2n) is 9.57. The van der Waals surface area contributed by atoms with Crippen molar-refractivity contribution in [2.75, 3.05) is 31.2 Å². The number of allylic oxidation sites excluding steroid dienone is 3. The maximum atomic E-state index is 15.2. The summed E-state index contributed by atoms with van der Waals surface area (Å²) in [4.78, 5) is 28.0. The van der Waals surface area contributed by atoms with Gasteiger partial charge >= 0.3 is 0 Å². The quantitative estimate of drug-likeness (QED) is 0.374. The molecule has 0 spiro atoms. The van der Waals surface area contributed by atoms with E-state index in [0.29, 0.717) is 47.7 Å². The molecule has 2 atom stereocenters. The number of rotatable bonds is 5. The van der Waals surface area contributed by atoms with E-state index in [1.807, 2.05) is 29.7 Å². The summed E-state index contributed by atoms with van der Waals surface area (Å²) in [5.74, 6) is -2.18. The van der Waals surface area contributed by atoms with Gasteiger partial charge in [0.05, 0.1) is 41.1 Å². The van der Waals surface area contributed by atoms with E-state index < -0.39 is 17.6 Å². The highest BCUT2D eigenvalue weighted by Gasteiger charge is 2.28. The standard InChI is InChI=1S/C29H26F2N4O2S/c30-24-15-25(31)22(14-21(24)23(16-36)26-7-4-18-3-1-2-12-38-29(18)34-26)28-20-6-5-19(13-27(20)32-17-33-28)35-8-10-37-11-9-35/h2,5-7,12-18,23H,1,3-4,8-11H2. The van der Waals surface area contributed by atoms with Crippen LogP contribution in [-0.4, -0.2) is 47.6 Å². The molecule has 6 rings (SSSR count). The summed E-state index contributed by atoms with van der Waals surface area (Å²) in [7, 11) is 0. The van der Waals surface area contributed by atoms with E-state index in [-0.39, 0.29) is 11.1 Å². The average Bonchev–Trinajstić information content (AvgIpc) is 3.20. The summed E-state index contributed by atoms with van der Waals surface area (Å²) in [6, 6.07) is 7.99. The zero-order valence-corrected chi connectivity index (χ0v) is 21.5. The summed E-state index contributed by atoms with van der Waals surface area (Å²) < 4.78 is 35.8. The Morgan fingerprint density at radius 2 is 1.97 bits per heavy atom. The fraction of sp³-hybridized carbons (Fsp3) is 0.310. The summed E-state index contributed by atoms with van der Waals surface area (Å²) in [5.41, 5.74) is 2.69. The zero-order chi connectivity index (χ0) is 26.1. The molecule has 9 heteroatoms. The zero-order valence-electron chi connectivity index (χ0n) is 20.6. The van der Waals surface area contributed by atoms with Crippen LogP contribution in [0.25, 0.3) is 22.2 Å². The van der Waals surface area contributed by atoms with Gasteiger partial charge in [-0.2, -0.15) is 0 Å². The number of carbonyl (C=O) groups is 1. The van der Waals surface area contributed by atoms with Gasteiger partial charge in [-0.3, -0.25) is 0 Å². The lowest BCUT2D eigenvalue weighted by atomic mass is 9.89. The number of hydrogen-bond donors (Lipinski definition) is 0. The van der Waals surface area contributed by atoms with E-state index in [1.54, 1.807) is 11.8 Å². The highest BCUT2D eigenvalue weighted by Crippen LogP contribution is 2.38. The normalized spacial score (nSPS) is 20.4. The number of halogens is 2. The van der Waals surface area contributed by atoms with Gasteiger partial charge in [-0.05, 0) is 48.9 Å². The number of aromatic nitrogens is 2. The van der Waals surface area contributed by atoms with Crippen molar-refractivity contribution in [3.63, 3.8) is 0 Å². The number of aliphatic imine (C=N–C) groups is 1. The van der Waals surface area contributed by atoms with E-state index >= 15 is 8.78 Å². The van der Waals surface area contributed by atoms with Crippen molar-refractivity contribution >= 4 is 39.7 Å². The van der Waals surface area contributed by atoms with Gasteiger partial charge in [-0.25, -0.2) is 23.7 Å². The van der Waals surface area contributed by atoms with Crippen LogP contribution in [0.3, 0.4) is 0 Å². The Labute approximate surface area is 223 Å². The highest BCUT2D eigenvalue weighted by atomic mass is 32.2. The molecule has 0 saturated carbocycles. The van der Waals surface area contributed by atoms with E-state index in [0.717, 1.165) is 49.1 Å². The number of morpholine rings is 1. The number of anilines is 1. The minimum atomic E-state index is -0.948. The topological polar surface area (TPSA) is 67.7 Å². The molecule has 6 nitrogen and oxygen atoms in total. The molecular weight excluding hydrogens is 506 g/mol. The smallest absolute Gasteiger partial charge is 0.135 e. The molecule has 2 unspecified atom stereocenters. The number of thioether (sulfide) groups is 1.